The van der Waals surface area contributed by atoms with Crippen molar-refractivity contribution in [1.82, 2.24) is 5.32 Å². The zero-order valence-electron chi connectivity index (χ0n) is 10.3. The molecule has 0 aliphatic heterocycles. The first-order chi connectivity index (χ1) is 9.49. The normalized spacial score (nSPS) is 12.2. The smallest absolute Gasteiger partial charge is 0.252 e. The summed E-state index contributed by atoms with van der Waals surface area (Å²) in [6.07, 6.45) is -0.776. The van der Waals surface area contributed by atoms with E-state index in [4.69, 9.17) is 5.73 Å². The van der Waals surface area contributed by atoms with Gasteiger partial charge in [-0.25, -0.2) is 4.39 Å². The molecule has 1 atom stereocenters. The van der Waals surface area contributed by atoms with Crippen LogP contribution in [0, 0.1) is 5.82 Å². The van der Waals surface area contributed by atoms with Crippen molar-refractivity contribution >= 4 is 38.9 Å². The van der Waals surface area contributed by atoms with Gasteiger partial charge < -0.3 is 16.2 Å². The molecule has 1 heterocycles. The van der Waals surface area contributed by atoms with E-state index in [0.29, 0.717) is 4.47 Å². The number of nitrogens with one attached hydrogen (secondary N) is 1. The van der Waals surface area contributed by atoms with Crippen LogP contribution in [-0.4, -0.2) is 17.6 Å². The van der Waals surface area contributed by atoms with E-state index in [1.54, 1.807) is 6.07 Å². The second kappa shape index (κ2) is 6.34. The lowest BCUT2D eigenvalue weighted by atomic mass is 10.1. The lowest BCUT2D eigenvalue weighted by molar-refractivity contribution is 0.0916. The predicted octanol–water partition coefficient (Wildman–Crippen LogP) is 2.70. The molecule has 4 N–H and O–H groups in total. The van der Waals surface area contributed by atoms with E-state index in [2.05, 4.69) is 21.2 Å². The third-order valence-corrected chi connectivity index (χ3v) is 4.07. The first kappa shape index (κ1) is 15.0. The van der Waals surface area contributed by atoms with Gasteiger partial charge in [-0.15, -0.1) is 0 Å². The molecule has 20 heavy (non-hydrogen) atoms. The maximum Gasteiger partial charge on any atom is 0.252 e. The predicted molar refractivity (Wildman–Crippen MR) is 80.1 cm³/mol. The molecule has 7 heteroatoms. The van der Waals surface area contributed by atoms with E-state index in [-0.39, 0.29) is 17.8 Å². The molecule has 0 aliphatic carbocycles. The molecule has 0 saturated heterocycles. The molecular formula is C13H12BrFN2O2S. The molecule has 0 bridgehead atoms. The van der Waals surface area contributed by atoms with Gasteiger partial charge in [-0.3, -0.25) is 4.79 Å². The maximum absolute atomic E-state index is 13.2. The van der Waals surface area contributed by atoms with E-state index in [9.17, 15) is 14.3 Å². The third-order valence-electron chi connectivity index (χ3n) is 2.71. The van der Waals surface area contributed by atoms with Crippen LogP contribution in [-0.2, 0) is 0 Å². The Hall–Kier alpha value is -1.44. The number of thiophene rings is 1. The average molecular weight is 359 g/mol. The standard InChI is InChI=1S/C13H12BrFN2O2S/c14-9-4-10(15)11(16)3-8(9)13(19)17-5-12(18)7-1-2-20-6-7/h1-4,6,12,18H,5,16H2,(H,17,19). The highest BCUT2D eigenvalue weighted by Crippen LogP contribution is 2.23. The number of nitrogens with two attached hydrogens (primary N) is 1. The van der Waals surface area contributed by atoms with Gasteiger partial charge in [-0.1, -0.05) is 0 Å². The SMILES string of the molecule is Nc1cc(C(=O)NCC(O)c2ccsc2)c(Br)cc1F. The minimum atomic E-state index is -0.776. The number of benzene rings is 1. The van der Waals surface area contributed by atoms with Gasteiger partial charge >= 0.3 is 0 Å². The van der Waals surface area contributed by atoms with Crippen LogP contribution < -0.4 is 11.1 Å². The molecule has 106 valence electrons. The van der Waals surface area contributed by atoms with Crippen LogP contribution >= 0.6 is 27.3 Å². The van der Waals surface area contributed by atoms with Gasteiger partial charge in [-0.2, -0.15) is 11.3 Å². The number of aliphatic hydroxyl groups excluding tert-OH is 1. The van der Waals surface area contributed by atoms with E-state index in [1.807, 2.05) is 10.8 Å². The van der Waals surface area contributed by atoms with E-state index in [1.165, 1.54) is 17.4 Å². The largest absolute Gasteiger partial charge is 0.396 e. The maximum atomic E-state index is 13.2. The summed E-state index contributed by atoms with van der Waals surface area (Å²) >= 11 is 4.58. The molecule has 0 aliphatic rings. The Labute approximate surface area is 127 Å². The van der Waals surface area contributed by atoms with Crippen molar-refractivity contribution in [2.24, 2.45) is 0 Å². The fourth-order valence-electron chi connectivity index (χ4n) is 1.61. The summed E-state index contributed by atoms with van der Waals surface area (Å²) in [5.41, 5.74) is 6.30. The molecule has 0 fully saturated rings. The van der Waals surface area contributed by atoms with Gasteiger partial charge in [-0.05, 0) is 50.5 Å². The topological polar surface area (TPSA) is 75.4 Å². The van der Waals surface area contributed by atoms with E-state index in [0.717, 1.165) is 11.6 Å². The lowest BCUT2D eigenvalue weighted by Crippen LogP contribution is -2.28. The molecule has 1 aromatic carbocycles. The van der Waals surface area contributed by atoms with Crippen molar-refractivity contribution in [3.63, 3.8) is 0 Å². The zero-order valence-corrected chi connectivity index (χ0v) is 12.7. The highest BCUT2D eigenvalue weighted by atomic mass is 79.9. The molecule has 2 aromatic rings. The number of anilines is 1. The second-order valence-corrected chi connectivity index (χ2v) is 5.77. The quantitative estimate of drug-likeness (QED) is 0.735. The molecule has 4 nitrogen and oxygen atoms in total. The molecule has 0 saturated carbocycles. The lowest BCUT2D eigenvalue weighted by Gasteiger charge is -2.12. The Morgan fingerprint density at radius 2 is 2.30 bits per heavy atom. The minimum absolute atomic E-state index is 0.0687. The summed E-state index contributed by atoms with van der Waals surface area (Å²) in [5.74, 6) is -1.02. The monoisotopic (exact) mass is 358 g/mol. The van der Waals surface area contributed by atoms with Crippen molar-refractivity contribution in [2.45, 2.75) is 6.10 Å². The van der Waals surface area contributed by atoms with Gasteiger partial charge in [0, 0.05) is 11.0 Å². The van der Waals surface area contributed by atoms with E-state index >= 15 is 0 Å². The summed E-state index contributed by atoms with van der Waals surface area (Å²) in [6, 6.07) is 4.18. The van der Waals surface area contributed by atoms with Crippen molar-refractivity contribution in [1.29, 1.82) is 0 Å². The van der Waals surface area contributed by atoms with Crippen LogP contribution in [0.25, 0.3) is 0 Å². The molecule has 1 unspecified atom stereocenters. The Balaban J connectivity index is 2.04. The Morgan fingerprint density at radius 1 is 1.55 bits per heavy atom. The number of nitrogen functional groups attached to an aromatic ring is 1. The van der Waals surface area contributed by atoms with Crippen LogP contribution in [0.3, 0.4) is 0 Å². The van der Waals surface area contributed by atoms with Gasteiger partial charge in [0.1, 0.15) is 5.82 Å². The number of carbonyl (C=O) groups is 1. The average Bonchev–Trinajstić information content (AvgIpc) is 2.94. The number of halogens is 2. The fourth-order valence-corrected chi connectivity index (χ4v) is 2.81. The van der Waals surface area contributed by atoms with Gasteiger partial charge in [0.2, 0.25) is 0 Å². The summed E-state index contributed by atoms with van der Waals surface area (Å²) in [5, 5.41) is 16.1. The molecule has 0 radical (unpaired) electrons. The summed E-state index contributed by atoms with van der Waals surface area (Å²) in [7, 11) is 0. The Bertz CT molecular complexity index is 619. The van der Waals surface area contributed by atoms with Crippen LogP contribution in [0.4, 0.5) is 10.1 Å². The number of amides is 1. The third kappa shape index (κ3) is 3.36. The number of hydrogen-bond donors (Lipinski definition) is 3. The van der Waals surface area contributed by atoms with Crippen LogP contribution in [0.2, 0.25) is 0 Å². The van der Waals surface area contributed by atoms with Gasteiger partial charge in [0.25, 0.3) is 5.91 Å². The van der Waals surface area contributed by atoms with Crippen molar-refractivity contribution in [2.75, 3.05) is 12.3 Å². The molecule has 1 amide bonds. The minimum Gasteiger partial charge on any atom is -0.396 e. The number of aliphatic hydroxyl groups is 1. The van der Waals surface area contributed by atoms with Crippen molar-refractivity contribution in [3.05, 3.63) is 50.4 Å². The summed E-state index contributed by atoms with van der Waals surface area (Å²) in [6.45, 7) is 0.0687. The summed E-state index contributed by atoms with van der Waals surface area (Å²) in [4.78, 5) is 12.0. The van der Waals surface area contributed by atoms with E-state index < -0.39 is 17.8 Å². The fraction of sp³-hybridized carbons (Fsp3) is 0.154. The highest BCUT2D eigenvalue weighted by Gasteiger charge is 2.15. The highest BCUT2D eigenvalue weighted by molar-refractivity contribution is 9.10. The molecule has 1 aromatic heterocycles. The van der Waals surface area contributed by atoms with Crippen molar-refractivity contribution in [3.8, 4) is 0 Å². The Kier molecular flexibility index (Phi) is 4.74. The molecule has 0 spiro atoms. The first-order valence-corrected chi connectivity index (χ1v) is 7.45. The second-order valence-electron chi connectivity index (χ2n) is 4.14. The molecule has 2 rings (SSSR count). The number of rotatable bonds is 4. The van der Waals surface area contributed by atoms with Crippen LogP contribution in [0.1, 0.15) is 22.0 Å². The summed E-state index contributed by atoms with van der Waals surface area (Å²) < 4.78 is 13.5. The number of hydrogen-bond acceptors (Lipinski definition) is 4. The van der Waals surface area contributed by atoms with Gasteiger partial charge in [0.15, 0.2) is 0 Å². The number of carbonyl (C=O) groups excluding carboxylic acids is 1. The van der Waals surface area contributed by atoms with Crippen LogP contribution in [0.15, 0.2) is 33.4 Å². The van der Waals surface area contributed by atoms with Crippen molar-refractivity contribution < 1.29 is 14.3 Å². The molecular weight excluding hydrogens is 347 g/mol. The van der Waals surface area contributed by atoms with Crippen LogP contribution in [0.5, 0.6) is 0 Å². The Morgan fingerprint density at radius 3 is 2.95 bits per heavy atom. The first-order valence-electron chi connectivity index (χ1n) is 5.72. The van der Waals surface area contributed by atoms with Gasteiger partial charge in [0.05, 0.1) is 17.4 Å². The zero-order chi connectivity index (χ0) is 14.7.